The standard InChI is InChI=1S/C45H75O9P/c1-3-5-7-9-11-12-13-14-15-16-17-18-19-24-27-31-35-39-45(48)54-43(41-53-55(49,50)51)40-52-44(47)38-34-30-26-23-21-20-22-25-29-33-37-42(46)36-32-28-10-8-6-4-2/h6,8,14-15,20-21,25-26,28-30,32-33,37,42-43,46H,3-5,7,9-13,16-19,22-24,27,31,34-36,38-41H2,1-2H3,(H2,49,50,51)/b8-6-,15-14-,21-20-,29-25-,30-26-,32-28-,37-33+/t42?,43-/m1/s1. The molecule has 0 amide bonds. The summed E-state index contributed by atoms with van der Waals surface area (Å²) in [6, 6.07) is 0. The van der Waals surface area contributed by atoms with E-state index < -0.39 is 38.6 Å². The van der Waals surface area contributed by atoms with Crippen LogP contribution in [0.1, 0.15) is 162 Å². The monoisotopic (exact) mass is 791 g/mol. The first-order valence-electron chi connectivity index (χ1n) is 21.0. The first kappa shape index (κ1) is 52.2. The molecule has 0 saturated heterocycles. The topological polar surface area (TPSA) is 140 Å². The molecule has 0 rings (SSSR count). The number of phosphoric ester groups is 1. The molecule has 0 spiro atoms. The summed E-state index contributed by atoms with van der Waals surface area (Å²) in [5, 5.41) is 9.97. The highest BCUT2D eigenvalue weighted by atomic mass is 31.2. The van der Waals surface area contributed by atoms with Gasteiger partial charge in [0, 0.05) is 12.8 Å². The van der Waals surface area contributed by atoms with Crippen molar-refractivity contribution in [1.82, 2.24) is 0 Å². The van der Waals surface area contributed by atoms with Crippen LogP contribution in [0.15, 0.2) is 85.1 Å². The molecule has 10 heteroatoms. The van der Waals surface area contributed by atoms with Crippen LogP contribution in [0.3, 0.4) is 0 Å². The van der Waals surface area contributed by atoms with Crippen molar-refractivity contribution >= 4 is 19.8 Å². The van der Waals surface area contributed by atoms with Crippen molar-refractivity contribution in [2.75, 3.05) is 13.2 Å². The Morgan fingerprint density at radius 1 is 0.582 bits per heavy atom. The summed E-state index contributed by atoms with van der Waals surface area (Å²) < 4.78 is 26.3. The minimum Gasteiger partial charge on any atom is -0.462 e. The van der Waals surface area contributed by atoms with Crippen LogP contribution >= 0.6 is 7.82 Å². The fraction of sp³-hybridized carbons (Fsp3) is 0.644. The zero-order valence-corrected chi connectivity index (χ0v) is 35.0. The Kier molecular flexibility index (Phi) is 37.4. The molecule has 0 aromatic rings. The minimum absolute atomic E-state index is 0.114. The predicted molar refractivity (Wildman–Crippen MR) is 226 cm³/mol. The van der Waals surface area contributed by atoms with E-state index in [0.717, 1.165) is 44.9 Å². The van der Waals surface area contributed by atoms with Crippen LogP contribution in [0.4, 0.5) is 0 Å². The van der Waals surface area contributed by atoms with Gasteiger partial charge in [-0.3, -0.25) is 14.1 Å². The van der Waals surface area contributed by atoms with Crippen molar-refractivity contribution in [3.8, 4) is 0 Å². The average molecular weight is 791 g/mol. The van der Waals surface area contributed by atoms with Crippen molar-refractivity contribution in [2.45, 2.75) is 174 Å². The first-order valence-corrected chi connectivity index (χ1v) is 22.5. The molecule has 0 bridgehead atoms. The highest BCUT2D eigenvalue weighted by Crippen LogP contribution is 2.36. The molecule has 3 N–H and O–H groups in total. The Morgan fingerprint density at radius 3 is 1.76 bits per heavy atom. The Morgan fingerprint density at radius 2 is 1.13 bits per heavy atom. The van der Waals surface area contributed by atoms with Gasteiger partial charge in [0.15, 0.2) is 6.10 Å². The van der Waals surface area contributed by atoms with Gasteiger partial charge < -0.3 is 24.4 Å². The molecule has 55 heavy (non-hydrogen) atoms. The number of unbranched alkanes of at least 4 members (excludes halogenated alkanes) is 13. The minimum atomic E-state index is -4.79. The van der Waals surface area contributed by atoms with E-state index in [1.54, 1.807) is 6.08 Å². The zero-order valence-electron chi connectivity index (χ0n) is 34.2. The van der Waals surface area contributed by atoms with Crippen molar-refractivity contribution < 1.29 is 43.0 Å². The molecule has 0 aromatic heterocycles. The number of esters is 2. The van der Waals surface area contributed by atoms with Gasteiger partial charge in [0.25, 0.3) is 0 Å². The maximum absolute atomic E-state index is 12.4. The summed E-state index contributed by atoms with van der Waals surface area (Å²) in [5.41, 5.74) is 0. The third-order valence-electron chi connectivity index (χ3n) is 8.49. The number of rotatable bonds is 37. The lowest BCUT2D eigenvalue weighted by atomic mass is 10.1. The normalized spacial score (nSPS) is 13.9. The molecule has 2 atom stereocenters. The highest BCUT2D eigenvalue weighted by molar-refractivity contribution is 7.46. The molecule has 0 heterocycles. The third kappa shape index (κ3) is 42.2. The van der Waals surface area contributed by atoms with E-state index in [1.165, 1.54) is 64.2 Å². The van der Waals surface area contributed by atoms with E-state index in [0.29, 0.717) is 25.7 Å². The number of carbonyl (C=O) groups excluding carboxylic acids is 2. The second-order valence-electron chi connectivity index (χ2n) is 13.8. The van der Waals surface area contributed by atoms with E-state index in [4.69, 9.17) is 19.3 Å². The molecule has 0 aromatic carbocycles. The number of carbonyl (C=O) groups is 2. The van der Waals surface area contributed by atoms with Gasteiger partial charge in [-0.1, -0.05) is 163 Å². The quantitative estimate of drug-likeness (QED) is 0.0184. The van der Waals surface area contributed by atoms with Crippen LogP contribution in [0, 0.1) is 0 Å². The SMILES string of the molecule is CC/C=C\C/C=C\CC(O)/C=C/C=C\C/C=C\C/C=C\CCC(=O)OC[C@H](COP(=O)(O)O)OC(=O)CCCCCCCCC/C=C\CCCCCCCC. The van der Waals surface area contributed by atoms with E-state index in [1.807, 2.05) is 48.6 Å². The summed E-state index contributed by atoms with van der Waals surface area (Å²) in [4.78, 5) is 42.8. The van der Waals surface area contributed by atoms with Gasteiger partial charge in [-0.15, -0.1) is 0 Å². The number of allylic oxidation sites excluding steroid dienone is 12. The van der Waals surface area contributed by atoms with Crippen molar-refractivity contribution in [3.05, 3.63) is 85.1 Å². The average Bonchev–Trinajstić information content (AvgIpc) is 3.15. The molecule has 314 valence electrons. The van der Waals surface area contributed by atoms with Crippen LogP contribution in [0.25, 0.3) is 0 Å². The van der Waals surface area contributed by atoms with Crippen LogP contribution in [0.5, 0.6) is 0 Å². The van der Waals surface area contributed by atoms with E-state index >= 15 is 0 Å². The highest BCUT2D eigenvalue weighted by Gasteiger charge is 2.22. The maximum atomic E-state index is 12.4. The van der Waals surface area contributed by atoms with E-state index in [2.05, 4.69) is 48.8 Å². The molecule has 0 radical (unpaired) electrons. The number of hydrogen-bond acceptors (Lipinski definition) is 7. The van der Waals surface area contributed by atoms with E-state index in [9.17, 15) is 19.3 Å². The molecule has 1 unspecified atom stereocenters. The molecule has 0 aliphatic rings. The van der Waals surface area contributed by atoms with Crippen LogP contribution in [-0.2, 0) is 28.2 Å². The van der Waals surface area contributed by atoms with Gasteiger partial charge in [-0.25, -0.2) is 4.57 Å². The van der Waals surface area contributed by atoms with Crippen molar-refractivity contribution in [3.63, 3.8) is 0 Å². The fourth-order valence-electron chi connectivity index (χ4n) is 5.36. The summed E-state index contributed by atoms with van der Waals surface area (Å²) in [6.45, 7) is 3.42. The summed E-state index contributed by atoms with van der Waals surface area (Å²) >= 11 is 0. The van der Waals surface area contributed by atoms with Gasteiger partial charge in [-0.2, -0.15) is 0 Å². The zero-order chi connectivity index (χ0) is 40.5. The second kappa shape index (κ2) is 39.4. The molecular formula is C45H75O9P. The van der Waals surface area contributed by atoms with Gasteiger partial charge in [0.05, 0.1) is 12.7 Å². The Labute approximate surface area is 334 Å². The van der Waals surface area contributed by atoms with Gasteiger partial charge >= 0.3 is 19.8 Å². The summed E-state index contributed by atoms with van der Waals surface area (Å²) in [6.07, 6.45) is 49.1. The van der Waals surface area contributed by atoms with Gasteiger partial charge in [0.2, 0.25) is 0 Å². The smallest absolute Gasteiger partial charge is 0.462 e. The number of aliphatic hydroxyl groups is 1. The van der Waals surface area contributed by atoms with Crippen LogP contribution in [0.2, 0.25) is 0 Å². The van der Waals surface area contributed by atoms with Crippen molar-refractivity contribution in [1.29, 1.82) is 0 Å². The first-order chi connectivity index (χ1) is 26.7. The number of aliphatic hydroxyl groups excluding tert-OH is 1. The Bertz CT molecular complexity index is 1180. The maximum Gasteiger partial charge on any atom is 0.469 e. The summed E-state index contributed by atoms with van der Waals surface area (Å²) in [5.74, 6) is -1.02. The summed E-state index contributed by atoms with van der Waals surface area (Å²) in [7, 11) is -4.79. The van der Waals surface area contributed by atoms with Gasteiger partial charge in [-0.05, 0) is 70.6 Å². The third-order valence-corrected chi connectivity index (χ3v) is 8.98. The largest absolute Gasteiger partial charge is 0.469 e. The number of phosphoric acid groups is 1. The molecular weight excluding hydrogens is 715 g/mol. The second-order valence-corrected chi connectivity index (χ2v) is 15.0. The number of ether oxygens (including phenoxy) is 2. The molecule has 0 aliphatic carbocycles. The molecule has 0 saturated carbocycles. The lowest BCUT2D eigenvalue weighted by Gasteiger charge is -2.18. The molecule has 0 fully saturated rings. The Hall–Kier alpha value is -2.81. The van der Waals surface area contributed by atoms with Crippen LogP contribution < -0.4 is 0 Å². The fourth-order valence-corrected chi connectivity index (χ4v) is 5.72. The molecule has 9 nitrogen and oxygen atoms in total. The molecule has 0 aliphatic heterocycles. The van der Waals surface area contributed by atoms with Crippen LogP contribution in [-0.4, -0.2) is 52.3 Å². The van der Waals surface area contributed by atoms with Crippen molar-refractivity contribution in [2.24, 2.45) is 0 Å². The van der Waals surface area contributed by atoms with Gasteiger partial charge in [0.1, 0.15) is 6.61 Å². The Balaban J connectivity index is 4.13. The lowest BCUT2D eigenvalue weighted by Crippen LogP contribution is -2.29. The lowest BCUT2D eigenvalue weighted by molar-refractivity contribution is -0.161. The number of hydrogen-bond donors (Lipinski definition) is 3. The van der Waals surface area contributed by atoms with E-state index in [-0.39, 0.29) is 19.4 Å². The predicted octanol–water partition coefficient (Wildman–Crippen LogP) is 11.8.